The second kappa shape index (κ2) is 4.06. The zero-order valence-corrected chi connectivity index (χ0v) is 5.12. The SMILES string of the molecule is NCc1ccccc1.[N]. The molecule has 0 amide bonds. The minimum absolute atomic E-state index is 0. The molecule has 0 aliphatic carbocycles. The van der Waals surface area contributed by atoms with E-state index in [-0.39, 0.29) is 6.15 Å². The van der Waals surface area contributed by atoms with Crippen molar-refractivity contribution in [1.82, 2.24) is 6.15 Å². The van der Waals surface area contributed by atoms with Gasteiger partial charge < -0.3 is 5.73 Å². The van der Waals surface area contributed by atoms with Crippen molar-refractivity contribution in [2.24, 2.45) is 5.73 Å². The maximum atomic E-state index is 5.35. The first kappa shape index (κ1) is 8.14. The van der Waals surface area contributed by atoms with Gasteiger partial charge in [-0.25, -0.2) is 0 Å². The molecule has 2 nitrogen and oxygen atoms in total. The van der Waals surface area contributed by atoms with Gasteiger partial charge in [-0.1, -0.05) is 30.3 Å². The molecule has 0 fully saturated rings. The summed E-state index contributed by atoms with van der Waals surface area (Å²) in [5, 5.41) is 0. The Balaban J connectivity index is 0.000000640. The van der Waals surface area contributed by atoms with Crippen molar-refractivity contribution in [1.29, 1.82) is 0 Å². The molecule has 0 aliphatic heterocycles. The number of nitrogens with two attached hydrogens (primary N) is 1. The number of rotatable bonds is 1. The summed E-state index contributed by atoms with van der Waals surface area (Å²) >= 11 is 0. The van der Waals surface area contributed by atoms with Crippen LogP contribution in [0.15, 0.2) is 30.3 Å². The largest absolute Gasteiger partial charge is 0.326 e. The van der Waals surface area contributed by atoms with Crippen molar-refractivity contribution in [3.8, 4) is 0 Å². The van der Waals surface area contributed by atoms with Crippen LogP contribution in [0, 0.1) is 0 Å². The van der Waals surface area contributed by atoms with Gasteiger partial charge in [0.25, 0.3) is 0 Å². The second-order valence-electron chi connectivity index (χ2n) is 1.69. The Hall–Kier alpha value is -0.860. The van der Waals surface area contributed by atoms with E-state index < -0.39 is 0 Å². The van der Waals surface area contributed by atoms with Crippen LogP contribution in [-0.2, 0) is 6.54 Å². The van der Waals surface area contributed by atoms with Crippen LogP contribution in [0.3, 0.4) is 0 Å². The van der Waals surface area contributed by atoms with Gasteiger partial charge in [0.05, 0.1) is 0 Å². The van der Waals surface area contributed by atoms with E-state index in [1.807, 2.05) is 30.3 Å². The fourth-order valence-corrected chi connectivity index (χ4v) is 0.614. The van der Waals surface area contributed by atoms with Gasteiger partial charge in [0, 0.05) is 12.7 Å². The lowest BCUT2D eigenvalue weighted by atomic mass is 10.2. The Kier molecular flexibility index (Phi) is 3.67. The van der Waals surface area contributed by atoms with Crippen molar-refractivity contribution in [2.45, 2.75) is 6.54 Å². The van der Waals surface area contributed by atoms with Gasteiger partial charge >= 0.3 is 0 Å². The van der Waals surface area contributed by atoms with Crippen molar-refractivity contribution >= 4 is 0 Å². The van der Waals surface area contributed by atoms with E-state index in [0.717, 1.165) is 0 Å². The molecule has 0 bridgehead atoms. The third-order valence-corrected chi connectivity index (χ3v) is 1.08. The van der Waals surface area contributed by atoms with Crippen LogP contribution >= 0.6 is 0 Å². The number of hydrogen-bond acceptors (Lipinski definition) is 1. The van der Waals surface area contributed by atoms with E-state index in [0.29, 0.717) is 6.54 Å². The van der Waals surface area contributed by atoms with E-state index in [2.05, 4.69) is 0 Å². The number of hydrogen-bond donors (Lipinski definition) is 1. The fourth-order valence-electron chi connectivity index (χ4n) is 0.614. The van der Waals surface area contributed by atoms with Gasteiger partial charge in [0.15, 0.2) is 0 Å². The fraction of sp³-hybridized carbons (Fsp3) is 0.143. The Labute approximate surface area is 55.3 Å². The van der Waals surface area contributed by atoms with Crippen LogP contribution in [0.5, 0.6) is 0 Å². The molecule has 3 radical (unpaired) electrons. The average molecular weight is 121 g/mol. The summed E-state index contributed by atoms with van der Waals surface area (Å²) in [7, 11) is 0. The zero-order valence-electron chi connectivity index (χ0n) is 5.12. The monoisotopic (exact) mass is 121 g/mol. The third-order valence-electron chi connectivity index (χ3n) is 1.08. The molecule has 1 aromatic carbocycles. The molecule has 0 aliphatic rings. The van der Waals surface area contributed by atoms with Gasteiger partial charge in [-0.15, -0.1) is 0 Å². The van der Waals surface area contributed by atoms with Gasteiger partial charge in [-0.05, 0) is 5.56 Å². The summed E-state index contributed by atoms with van der Waals surface area (Å²) in [6.45, 7) is 0.640. The van der Waals surface area contributed by atoms with Crippen molar-refractivity contribution in [3.05, 3.63) is 35.9 Å². The quantitative estimate of drug-likeness (QED) is 0.583. The van der Waals surface area contributed by atoms with Crippen molar-refractivity contribution in [3.63, 3.8) is 0 Å². The third kappa shape index (κ3) is 2.26. The van der Waals surface area contributed by atoms with Crippen LogP contribution in [0.4, 0.5) is 0 Å². The van der Waals surface area contributed by atoms with E-state index >= 15 is 0 Å². The first-order valence-electron chi connectivity index (χ1n) is 2.67. The topological polar surface area (TPSA) is 56.5 Å². The maximum absolute atomic E-state index is 5.35. The highest BCUT2D eigenvalue weighted by Gasteiger charge is 1.80. The Morgan fingerprint density at radius 2 is 1.67 bits per heavy atom. The molecule has 0 heterocycles. The Morgan fingerprint density at radius 1 is 1.11 bits per heavy atom. The lowest BCUT2D eigenvalue weighted by Crippen LogP contribution is -1.94. The normalized spacial score (nSPS) is 8.11. The molecular formula is C7H9N2. The molecule has 0 aromatic heterocycles. The predicted molar refractivity (Wildman–Crippen MR) is 36.5 cm³/mol. The van der Waals surface area contributed by atoms with Gasteiger partial charge in [0.1, 0.15) is 0 Å². The van der Waals surface area contributed by atoms with Crippen LogP contribution in [-0.4, -0.2) is 0 Å². The lowest BCUT2D eigenvalue weighted by Gasteiger charge is -1.90. The van der Waals surface area contributed by atoms with E-state index in [4.69, 9.17) is 5.73 Å². The second-order valence-corrected chi connectivity index (χ2v) is 1.69. The molecule has 9 heavy (non-hydrogen) atoms. The van der Waals surface area contributed by atoms with Crippen LogP contribution in [0.2, 0.25) is 0 Å². The summed E-state index contributed by atoms with van der Waals surface area (Å²) in [5.74, 6) is 0. The first-order valence-corrected chi connectivity index (χ1v) is 2.67. The standard InChI is InChI=1S/C7H9N.N/c8-6-7-4-2-1-3-5-7;/h1-5H,6,8H2;. The molecule has 2 heteroatoms. The summed E-state index contributed by atoms with van der Waals surface area (Å²) in [4.78, 5) is 0. The Bertz CT molecular complexity index is 148. The number of benzene rings is 1. The van der Waals surface area contributed by atoms with Crippen molar-refractivity contribution in [2.75, 3.05) is 0 Å². The molecule has 0 spiro atoms. The molecule has 2 N–H and O–H groups in total. The molecule has 0 atom stereocenters. The minimum atomic E-state index is 0. The van der Waals surface area contributed by atoms with E-state index in [9.17, 15) is 0 Å². The molecular weight excluding hydrogens is 112 g/mol. The lowest BCUT2D eigenvalue weighted by molar-refractivity contribution is 1.07. The summed E-state index contributed by atoms with van der Waals surface area (Å²) in [6.07, 6.45) is 0. The van der Waals surface area contributed by atoms with Crippen LogP contribution in [0.25, 0.3) is 0 Å². The highest BCUT2D eigenvalue weighted by molar-refractivity contribution is 5.13. The summed E-state index contributed by atoms with van der Waals surface area (Å²) < 4.78 is 0. The molecule has 1 aromatic rings. The summed E-state index contributed by atoms with van der Waals surface area (Å²) in [5.41, 5.74) is 6.54. The average Bonchev–Trinajstić information content (AvgIpc) is 1.90. The molecule has 47 valence electrons. The highest BCUT2D eigenvalue weighted by atomic mass is 14.5. The Morgan fingerprint density at radius 3 is 2.00 bits per heavy atom. The highest BCUT2D eigenvalue weighted by Crippen LogP contribution is 1.94. The molecule has 0 saturated heterocycles. The smallest absolute Gasteiger partial charge is 0.0178 e. The van der Waals surface area contributed by atoms with E-state index in [1.54, 1.807) is 0 Å². The van der Waals surface area contributed by atoms with E-state index in [1.165, 1.54) is 5.56 Å². The molecule has 0 unspecified atom stereocenters. The zero-order chi connectivity index (χ0) is 5.82. The number of nitrogens with zero attached hydrogens (tertiary/aromatic N) is 1. The minimum Gasteiger partial charge on any atom is -0.326 e. The molecule has 0 saturated carbocycles. The van der Waals surface area contributed by atoms with Crippen molar-refractivity contribution < 1.29 is 0 Å². The predicted octanol–water partition coefficient (Wildman–Crippen LogP) is 0.665. The van der Waals surface area contributed by atoms with Gasteiger partial charge in [-0.3, -0.25) is 0 Å². The first-order chi connectivity index (χ1) is 3.93. The van der Waals surface area contributed by atoms with Gasteiger partial charge in [-0.2, -0.15) is 0 Å². The van der Waals surface area contributed by atoms with Crippen LogP contribution < -0.4 is 11.9 Å². The molecule has 1 rings (SSSR count). The van der Waals surface area contributed by atoms with Gasteiger partial charge in [0.2, 0.25) is 0 Å². The summed E-state index contributed by atoms with van der Waals surface area (Å²) in [6, 6.07) is 9.99. The maximum Gasteiger partial charge on any atom is 0.0178 e. The van der Waals surface area contributed by atoms with Crippen LogP contribution in [0.1, 0.15) is 5.56 Å².